The molecule has 0 fully saturated rings. The Bertz CT molecular complexity index is 239. The van der Waals surface area contributed by atoms with Gasteiger partial charge in [0, 0.05) is 6.21 Å². The van der Waals surface area contributed by atoms with Gasteiger partial charge in [-0.2, -0.15) is 10.1 Å². The quantitative estimate of drug-likeness (QED) is 0.398. The number of oxazole rings is 1. The third-order valence-electron chi connectivity index (χ3n) is 0.856. The van der Waals surface area contributed by atoms with Crippen LogP contribution in [0.25, 0.3) is 0 Å². The second-order valence-electron chi connectivity index (χ2n) is 1.59. The van der Waals surface area contributed by atoms with Crippen molar-refractivity contribution in [2.24, 2.45) is 10.1 Å². The zero-order valence-electron chi connectivity index (χ0n) is 6.06. The van der Waals surface area contributed by atoms with Crippen LogP contribution in [0.1, 0.15) is 6.92 Å². The third kappa shape index (κ3) is 2.61. The van der Waals surface area contributed by atoms with E-state index in [2.05, 4.69) is 20.5 Å². The first-order valence-corrected chi connectivity index (χ1v) is 3.08. The highest BCUT2D eigenvalue weighted by molar-refractivity contribution is 5.60. The highest BCUT2D eigenvalue weighted by Crippen LogP contribution is 2.03. The van der Waals surface area contributed by atoms with Crippen LogP contribution in [-0.2, 0) is 0 Å². The Morgan fingerprint density at radius 3 is 3.27 bits per heavy atom. The maximum absolute atomic E-state index is 4.81. The molecule has 0 aliphatic rings. The molecule has 0 radical (unpaired) electrons. The normalized spacial score (nSPS) is 11.4. The number of hydrogen-bond donors (Lipinski definition) is 1. The van der Waals surface area contributed by atoms with Crippen molar-refractivity contribution in [2.75, 3.05) is 0 Å². The van der Waals surface area contributed by atoms with Crippen LogP contribution < -0.4 is 5.43 Å². The summed E-state index contributed by atoms with van der Waals surface area (Å²) < 4.78 is 4.81. The Hall–Kier alpha value is -1.65. The molecule has 0 aliphatic heterocycles. The molecule has 0 bridgehead atoms. The molecule has 1 N–H and O–H groups in total. The maximum atomic E-state index is 4.81. The van der Waals surface area contributed by atoms with Gasteiger partial charge in [0.25, 0.3) is 0 Å². The Morgan fingerprint density at radius 2 is 2.64 bits per heavy atom. The van der Waals surface area contributed by atoms with Crippen molar-refractivity contribution in [3.05, 3.63) is 12.5 Å². The zero-order chi connectivity index (χ0) is 7.94. The van der Waals surface area contributed by atoms with E-state index >= 15 is 0 Å². The van der Waals surface area contributed by atoms with Crippen LogP contribution in [0.2, 0.25) is 0 Å². The molecule has 0 saturated heterocycles. The lowest BCUT2D eigenvalue weighted by molar-refractivity contribution is 0.569. The molecule has 1 rings (SSSR count). The van der Waals surface area contributed by atoms with E-state index in [0.717, 1.165) is 0 Å². The van der Waals surface area contributed by atoms with Crippen LogP contribution in [0, 0.1) is 0 Å². The molecule has 11 heavy (non-hydrogen) atoms. The lowest BCUT2D eigenvalue weighted by Gasteiger charge is -1.84. The second kappa shape index (κ2) is 4.21. The molecule has 0 saturated carbocycles. The van der Waals surface area contributed by atoms with Gasteiger partial charge < -0.3 is 4.42 Å². The number of aliphatic imine (C=N–C) groups is 1. The molecule has 0 amide bonds. The predicted octanol–water partition coefficient (Wildman–Crippen LogP) is 0.930. The average Bonchev–Trinajstić information content (AvgIpc) is 2.50. The van der Waals surface area contributed by atoms with E-state index in [-0.39, 0.29) is 0 Å². The number of rotatable bonds is 3. The molecule has 1 aromatic rings. The lowest BCUT2D eigenvalue weighted by atomic mass is 10.9. The maximum Gasteiger partial charge on any atom is 0.322 e. The number of nitrogens with zero attached hydrogens (tertiary/aromatic N) is 3. The van der Waals surface area contributed by atoms with Crippen LogP contribution >= 0.6 is 0 Å². The minimum Gasteiger partial charge on any atom is -0.431 e. The zero-order valence-corrected chi connectivity index (χ0v) is 6.06. The molecular formula is C6H8N4O. The highest BCUT2D eigenvalue weighted by Gasteiger charge is 1.87. The Morgan fingerprint density at radius 1 is 1.73 bits per heavy atom. The number of aromatic nitrogens is 1. The van der Waals surface area contributed by atoms with Crippen LogP contribution in [0.3, 0.4) is 0 Å². The van der Waals surface area contributed by atoms with E-state index in [4.69, 9.17) is 4.42 Å². The molecule has 1 heterocycles. The summed E-state index contributed by atoms with van der Waals surface area (Å²) in [6, 6.07) is 0.309. The van der Waals surface area contributed by atoms with Gasteiger partial charge in [0.2, 0.25) is 0 Å². The van der Waals surface area contributed by atoms with Gasteiger partial charge in [0.05, 0.1) is 6.20 Å². The summed E-state index contributed by atoms with van der Waals surface area (Å²) >= 11 is 0. The SMILES string of the molecule is C/C=N\NC=Nc1ncco1. The van der Waals surface area contributed by atoms with E-state index in [1.807, 2.05) is 0 Å². The summed E-state index contributed by atoms with van der Waals surface area (Å²) in [5, 5.41) is 3.68. The van der Waals surface area contributed by atoms with E-state index in [1.54, 1.807) is 13.1 Å². The summed E-state index contributed by atoms with van der Waals surface area (Å²) in [5.74, 6) is 0. The monoisotopic (exact) mass is 152 g/mol. The minimum absolute atomic E-state index is 0.309. The van der Waals surface area contributed by atoms with Crippen molar-refractivity contribution in [1.29, 1.82) is 0 Å². The van der Waals surface area contributed by atoms with E-state index < -0.39 is 0 Å². The number of nitrogens with one attached hydrogen (secondary N) is 1. The summed E-state index contributed by atoms with van der Waals surface area (Å²) in [6.07, 6.45) is 5.99. The van der Waals surface area contributed by atoms with Gasteiger partial charge in [-0.05, 0) is 6.92 Å². The fraction of sp³-hybridized carbons (Fsp3) is 0.167. The average molecular weight is 152 g/mol. The summed E-state index contributed by atoms with van der Waals surface area (Å²) in [6.45, 7) is 1.80. The van der Waals surface area contributed by atoms with Crippen LogP contribution in [0.5, 0.6) is 0 Å². The Kier molecular flexibility index (Phi) is 2.85. The molecule has 1 aromatic heterocycles. The van der Waals surface area contributed by atoms with Crippen molar-refractivity contribution in [2.45, 2.75) is 6.92 Å². The van der Waals surface area contributed by atoms with Crippen LogP contribution in [0.15, 0.2) is 27.0 Å². The van der Waals surface area contributed by atoms with Crippen molar-refractivity contribution in [3.63, 3.8) is 0 Å². The third-order valence-corrected chi connectivity index (χ3v) is 0.856. The van der Waals surface area contributed by atoms with E-state index in [9.17, 15) is 0 Å². The van der Waals surface area contributed by atoms with Crippen LogP contribution in [0.4, 0.5) is 6.01 Å². The van der Waals surface area contributed by atoms with Crippen LogP contribution in [-0.4, -0.2) is 17.5 Å². The smallest absolute Gasteiger partial charge is 0.322 e. The highest BCUT2D eigenvalue weighted by atomic mass is 16.4. The van der Waals surface area contributed by atoms with Crippen molar-refractivity contribution in [3.8, 4) is 0 Å². The molecule has 58 valence electrons. The fourth-order valence-corrected chi connectivity index (χ4v) is 0.472. The van der Waals surface area contributed by atoms with Gasteiger partial charge in [-0.25, -0.2) is 4.98 Å². The molecule has 0 atom stereocenters. The van der Waals surface area contributed by atoms with Gasteiger partial charge in [-0.1, -0.05) is 0 Å². The van der Waals surface area contributed by atoms with E-state index in [1.165, 1.54) is 18.8 Å². The lowest BCUT2D eigenvalue weighted by Crippen LogP contribution is -1.99. The summed E-state index contributed by atoms with van der Waals surface area (Å²) in [7, 11) is 0. The van der Waals surface area contributed by atoms with Crippen molar-refractivity contribution < 1.29 is 4.42 Å². The van der Waals surface area contributed by atoms with Gasteiger partial charge in [-0.3, -0.25) is 5.43 Å². The fourth-order valence-electron chi connectivity index (χ4n) is 0.472. The standard InChI is InChI=1S/C6H8N4O/c1-2-9-10-5-8-6-7-3-4-11-6/h2-5H,1H3,(H,7,8,10)/b9-2-. The molecular weight excluding hydrogens is 144 g/mol. The summed E-state index contributed by atoms with van der Waals surface area (Å²) in [4.78, 5) is 7.53. The van der Waals surface area contributed by atoms with Crippen molar-refractivity contribution >= 4 is 18.6 Å². The summed E-state index contributed by atoms with van der Waals surface area (Å²) in [5.41, 5.74) is 2.55. The first kappa shape index (κ1) is 7.46. The van der Waals surface area contributed by atoms with Gasteiger partial charge in [-0.15, -0.1) is 0 Å². The molecule has 0 aliphatic carbocycles. The molecule has 0 unspecified atom stereocenters. The Balaban J connectivity index is 2.37. The largest absolute Gasteiger partial charge is 0.431 e. The molecule has 0 aromatic carbocycles. The molecule has 0 spiro atoms. The first-order chi connectivity index (χ1) is 5.43. The topological polar surface area (TPSA) is 62.8 Å². The first-order valence-electron chi connectivity index (χ1n) is 3.08. The van der Waals surface area contributed by atoms with Gasteiger partial charge in [0.15, 0.2) is 0 Å². The molecule has 5 heteroatoms. The minimum atomic E-state index is 0.309. The van der Waals surface area contributed by atoms with Crippen molar-refractivity contribution in [1.82, 2.24) is 10.4 Å². The van der Waals surface area contributed by atoms with Gasteiger partial charge in [0.1, 0.15) is 12.6 Å². The number of hydrazone groups is 1. The predicted molar refractivity (Wildman–Crippen MR) is 42.0 cm³/mol. The Labute approximate surface area is 63.9 Å². The second-order valence-corrected chi connectivity index (χ2v) is 1.59. The van der Waals surface area contributed by atoms with Gasteiger partial charge >= 0.3 is 6.01 Å². The molecule has 5 nitrogen and oxygen atoms in total. The van der Waals surface area contributed by atoms with E-state index in [0.29, 0.717) is 6.01 Å². The number of hydrogen-bond acceptors (Lipinski definition) is 4.